The van der Waals surface area contributed by atoms with E-state index in [4.69, 9.17) is 4.74 Å². The van der Waals surface area contributed by atoms with Gasteiger partial charge in [-0.15, -0.1) is 0 Å². The molecule has 0 heterocycles. The van der Waals surface area contributed by atoms with E-state index in [1.807, 2.05) is 0 Å². The van der Waals surface area contributed by atoms with Gasteiger partial charge < -0.3 is 4.74 Å². The van der Waals surface area contributed by atoms with Crippen molar-refractivity contribution in [2.75, 3.05) is 6.61 Å². The van der Waals surface area contributed by atoms with Crippen molar-refractivity contribution in [2.45, 2.75) is 47.5 Å². The monoisotopic (exact) mass is 212 g/mol. The molecule has 0 bridgehead atoms. The van der Waals surface area contributed by atoms with Crippen LogP contribution in [0.15, 0.2) is 11.6 Å². The summed E-state index contributed by atoms with van der Waals surface area (Å²) in [5, 5.41) is 0. The van der Waals surface area contributed by atoms with Gasteiger partial charge in [-0.3, -0.25) is 4.79 Å². The van der Waals surface area contributed by atoms with E-state index in [1.54, 1.807) is 0 Å². The molecule has 0 aromatic heterocycles. The lowest BCUT2D eigenvalue weighted by Crippen LogP contribution is -2.16. The molecule has 2 heteroatoms. The second kappa shape index (κ2) is 7.49. The Kier molecular flexibility index (Phi) is 7.10. The number of carbonyl (C=O) groups is 1. The van der Waals surface area contributed by atoms with Gasteiger partial charge in [0.25, 0.3) is 0 Å². The van der Waals surface area contributed by atoms with Crippen molar-refractivity contribution in [2.24, 2.45) is 11.8 Å². The molecule has 0 N–H and O–H groups in total. The summed E-state index contributed by atoms with van der Waals surface area (Å²) in [4.78, 5) is 10.6. The first-order valence-corrected chi connectivity index (χ1v) is 5.70. The average Bonchev–Trinajstić information content (AvgIpc) is 2.13. The third kappa shape index (κ3) is 8.22. The van der Waals surface area contributed by atoms with Gasteiger partial charge in [0.05, 0.1) is 6.61 Å². The molecule has 0 aromatic carbocycles. The number of ether oxygens (including phenoxy) is 1. The molecule has 2 atom stereocenters. The lowest BCUT2D eigenvalue weighted by molar-refractivity contribution is -0.142. The zero-order chi connectivity index (χ0) is 11.8. The molecule has 0 aliphatic rings. The van der Waals surface area contributed by atoms with E-state index in [2.05, 4.69) is 33.8 Å². The van der Waals surface area contributed by atoms with E-state index in [0.29, 0.717) is 18.4 Å². The van der Waals surface area contributed by atoms with Gasteiger partial charge in [-0.25, -0.2) is 0 Å². The zero-order valence-electron chi connectivity index (χ0n) is 10.7. The Labute approximate surface area is 93.7 Å². The number of hydrogen-bond acceptors (Lipinski definition) is 2. The molecule has 0 unspecified atom stereocenters. The van der Waals surface area contributed by atoms with Crippen LogP contribution in [0.3, 0.4) is 0 Å². The van der Waals surface area contributed by atoms with Gasteiger partial charge in [0.1, 0.15) is 0 Å². The fourth-order valence-corrected chi connectivity index (χ4v) is 1.33. The highest BCUT2D eigenvalue weighted by Gasteiger charge is 2.12. The Balaban J connectivity index is 3.73. The van der Waals surface area contributed by atoms with Gasteiger partial charge in [-0.05, 0) is 38.5 Å². The SMILES string of the molecule is CC(=O)OC[C@@H](C)[C@H](C)CCC=C(C)C. The minimum Gasteiger partial charge on any atom is -0.466 e. The summed E-state index contributed by atoms with van der Waals surface area (Å²) in [7, 11) is 0. The van der Waals surface area contributed by atoms with Crippen LogP contribution in [0.5, 0.6) is 0 Å². The maximum atomic E-state index is 10.6. The van der Waals surface area contributed by atoms with E-state index in [9.17, 15) is 4.79 Å². The number of carbonyl (C=O) groups excluding carboxylic acids is 1. The molecule has 0 aliphatic heterocycles. The Morgan fingerprint density at radius 2 is 1.80 bits per heavy atom. The van der Waals surface area contributed by atoms with Crippen molar-refractivity contribution in [3.05, 3.63) is 11.6 Å². The van der Waals surface area contributed by atoms with Crippen LogP contribution >= 0.6 is 0 Å². The van der Waals surface area contributed by atoms with E-state index in [1.165, 1.54) is 12.5 Å². The molecule has 88 valence electrons. The fourth-order valence-electron chi connectivity index (χ4n) is 1.33. The second-order valence-corrected chi connectivity index (χ2v) is 4.62. The first-order valence-electron chi connectivity index (χ1n) is 5.70. The van der Waals surface area contributed by atoms with Crippen LogP contribution < -0.4 is 0 Å². The predicted octanol–water partition coefficient (Wildman–Crippen LogP) is 3.57. The van der Waals surface area contributed by atoms with Crippen LogP contribution in [0, 0.1) is 11.8 Å². The molecule has 0 saturated carbocycles. The highest BCUT2D eigenvalue weighted by Crippen LogP contribution is 2.18. The standard InChI is InChI=1S/C13H24O2/c1-10(2)7-6-8-11(3)12(4)9-15-13(5)14/h7,11-12H,6,8-9H2,1-5H3/t11-,12-/m1/s1. The van der Waals surface area contributed by atoms with Crippen LogP contribution in [-0.2, 0) is 9.53 Å². The van der Waals surface area contributed by atoms with Crippen molar-refractivity contribution in [1.82, 2.24) is 0 Å². The van der Waals surface area contributed by atoms with E-state index >= 15 is 0 Å². The minimum atomic E-state index is -0.182. The van der Waals surface area contributed by atoms with Gasteiger partial charge in [0.15, 0.2) is 0 Å². The van der Waals surface area contributed by atoms with Gasteiger partial charge >= 0.3 is 5.97 Å². The molecule has 2 nitrogen and oxygen atoms in total. The summed E-state index contributed by atoms with van der Waals surface area (Å²) in [6, 6.07) is 0. The third-order valence-electron chi connectivity index (χ3n) is 2.70. The van der Waals surface area contributed by atoms with Gasteiger partial charge in [0, 0.05) is 6.92 Å². The quantitative estimate of drug-likeness (QED) is 0.497. The Morgan fingerprint density at radius 3 is 2.27 bits per heavy atom. The van der Waals surface area contributed by atoms with Crippen LogP contribution in [0.1, 0.15) is 47.5 Å². The Bertz CT molecular complexity index is 215. The Morgan fingerprint density at radius 1 is 1.20 bits per heavy atom. The van der Waals surface area contributed by atoms with Crippen LogP contribution in [-0.4, -0.2) is 12.6 Å². The van der Waals surface area contributed by atoms with E-state index < -0.39 is 0 Å². The highest BCUT2D eigenvalue weighted by molar-refractivity contribution is 5.65. The average molecular weight is 212 g/mol. The van der Waals surface area contributed by atoms with E-state index in [0.717, 1.165) is 12.8 Å². The summed E-state index contributed by atoms with van der Waals surface area (Å²) in [6.07, 6.45) is 4.54. The maximum absolute atomic E-state index is 10.6. The molecule has 0 amide bonds. The van der Waals surface area contributed by atoms with Gasteiger partial charge in [-0.1, -0.05) is 25.5 Å². The molecule has 0 aromatic rings. The fraction of sp³-hybridized carbons (Fsp3) is 0.769. The topological polar surface area (TPSA) is 26.3 Å². The van der Waals surface area contributed by atoms with Crippen molar-refractivity contribution < 1.29 is 9.53 Å². The minimum absolute atomic E-state index is 0.182. The van der Waals surface area contributed by atoms with Crippen molar-refractivity contribution in [3.8, 4) is 0 Å². The summed E-state index contributed by atoms with van der Waals surface area (Å²) in [5.74, 6) is 0.859. The number of esters is 1. The summed E-state index contributed by atoms with van der Waals surface area (Å²) in [6.45, 7) is 10.6. The first kappa shape index (κ1) is 14.2. The predicted molar refractivity (Wildman–Crippen MR) is 63.6 cm³/mol. The maximum Gasteiger partial charge on any atom is 0.302 e. The molecule has 0 spiro atoms. The summed E-state index contributed by atoms with van der Waals surface area (Å²) < 4.78 is 5.00. The zero-order valence-corrected chi connectivity index (χ0v) is 10.7. The summed E-state index contributed by atoms with van der Waals surface area (Å²) >= 11 is 0. The normalized spacial score (nSPS) is 14.2. The van der Waals surface area contributed by atoms with Crippen molar-refractivity contribution in [3.63, 3.8) is 0 Å². The number of allylic oxidation sites excluding steroid dienone is 2. The van der Waals surface area contributed by atoms with Gasteiger partial charge in [-0.2, -0.15) is 0 Å². The highest BCUT2D eigenvalue weighted by atomic mass is 16.5. The summed E-state index contributed by atoms with van der Waals surface area (Å²) in [5.41, 5.74) is 1.37. The Hall–Kier alpha value is -0.790. The van der Waals surface area contributed by atoms with Crippen LogP contribution in [0.4, 0.5) is 0 Å². The lowest BCUT2D eigenvalue weighted by Gasteiger charge is -2.18. The molecular formula is C13H24O2. The second-order valence-electron chi connectivity index (χ2n) is 4.62. The van der Waals surface area contributed by atoms with E-state index in [-0.39, 0.29) is 5.97 Å². The molecular weight excluding hydrogens is 188 g/mol. The molecule has 0 aliphatic carbocycles. The van der Waals surface area contributed by atoms with Crippen molar-refractivity contribution in [1.29, 1.82) is 0 Å². The largest absolute Gasteiger partial charge is 0.466 e. The molecule has 0 radical (unpaired) electrons. The van der Waals surface area contributed by atoms with Crippen LogP contribution in [0.2, 0.25) is 0 Å². The molecule has 0 fully saturated rings. The smallest absolute Gasteiger partial charge is 0.302 e. The van der Waals surface area contributed by atoms with Crippen molar-refractivity contribution >= 4 is 5.97 Å². The number of rotatable bonds is 6. The van der Waals surface area contributed by atoms with Gasteiger partial charge in [0.2, 0.25) is 0 Å². The number of hydrogen-bond donors (Lipinski definition) is 0. The molecule has 15 heavy (non-hydrogen) atoms. The lowest BCUT2D eigenvalue weighted by atomic mass is 9.92. The molecule has 0 saturated heterocycles. The first-order chi connectivity index (χ1) is 6.93. The van der Waals surface area contributed by atoms with Crippen LogP contribution in [0.25, 0.3) is 0 Å². The third-order valence-corrected chi connectivity index (χ3v) is 2.70. The molecule has 0 rings (SSSR count).